The highest BCUT2D eigenvalue weighted by atomic mass is 35.5. The molecule has 18 heavy (non-hydrogen) atoms. The molecule has 4 heteroatoms. The number of halogens is 1. The van der Waals surface area contributed by atoms with Gasteiger partial charge in [-0.1, -0.05) is 25.4 Å². The first kappa shape index (κ1) is 13.6. The smallest absolute Gasteiger partial charge is 0.134 e. The number of anilines is 1. The van der Waals surface area contributed by atoms with Crippen LogP contribution in [0, 0.1) is 5.92 Å². The zero-order chi connectivity index (χ0) is 13.1. The van der Waals surface area contributed by atoms with E-state index in [9.17, 15) is 0 Å². The van der Waals surface area contributed by atoms with Crippen molar-refractivity contribution in [2.24, 2.45) is 5.92 Å². The van der Waals surface area contributed by atoms with Crippen LogP contribution in [0.25, 0.3) is 0 Å². The molecule has 0 saturated heterocycles. The zero-order valence-electron chi connectivity index (χ0n) is 11.5. The van der Waals surface area contributed by atoms with E-state index in [1.807, 2.05) is 6.07 Å². The number of nitrogens with zero attached hydrogens (tertiary/aromatic N) is 3. The van der Waals surface area contributed by atoms with Crippen molar-refractivity contribution in [3.63, 3.8) is 0 Å². The molecule has 100 valence electrons. The van der Waals surface area contributed by atoms with Crippen molar-refractivity contribution in [2.75, 3.05) is 11.9 Å². The second-order valence-electron chi connectivity index (χ2n) is 5.34. The van der Waals surface area contributed by atoms with Gasteiger partial charge in [0.25, 0.3) is 0 Å². The Hall–Kier alpha value is -0.830. The fourth-order valence-electron chi connectivity index (χ4n) is 2.61. The summed E-state index contributed by atoms with van der Waals surface area (Å²) in [5.74, 6) is 2.66. The Bertz CT molecular complexity index is 400. The van der Waals surface area contributed by atoms with E-state index in [-0.39, 0.29) is 0 Å². The summed E-state index contributed by atoms with van der Waals surface area (Å²) in [6.45, 7) is 4.39. The van der Waals surface area contributed by atoms with Crippen LogP contribution in [0.2, 0.25) is 5.15 Å². The molecule has 0 aliphatic heterocycles. The van der Waals surface area contributed by atoms with E-state index in [0.29, 0.717) is 11.2 Å². The summed E-state index contributed by atoms with van der Waals surface area (Å²) in [5, 5.41) is 0.549. The zero-order valence-corrected chi connectivity index (χ0v) is 12.2. The second kappa shape index (κ2) is 5.87. The molecule has 0 aromatic carbocycles. The van der Waals surface area contributed by atoms with E-state index in [4.69, 9.17) is 11.6 Å². The number of aromatic nitrogens is 2. The van der Waals surface area contributed by atoms with Crippen LogP contribution in [-0.2, 0) is 6.42 Å². The Morgan fingerprint density at radius 1 is 1.28 bits per heavy atom. The van der Waals surface area contributed by atoms with E-state index in [2.05, 4.69) is 35.8 Å². The Kier molecular flexibility index (Phi) is 4.44. The molecule has 1 heterocycles. The maximum absolute atomic E-state index is 6.06. The van der Waals surface area contributed by atoms with Crippen LogP contribution in [0.1, 0.15) is 45.4 Å². The van der Waals surface area contributed by atoms with Gasteiger partial charge in [0.1, 0.15) is 16.8 Å². The minimum absolute atomic E-state index is 0.549. The predicted molar refractivity (Wildman–Crippen MR) is 76.2 cm³/mol. The quantitative estimate of drug-likeness (QED) is 0.782. The molecule has 1 aromatic rings. The van der Waals surface area contributed by atoms with Crippen LogP contribution in [0.4, 0.5) is 5.82 Å². The fraction of sp³-hybridized carbons (Fsp3) is 0.714. The molecule has 0 amide bonds. The molecule has 1 aromatic heterocycles. The molecule has 1 saturated carbocycles. The van der Waals surface area contributed by atoms with Gasteiger partial charge >= 0.3 is 0 Å². The molecule has 2 rings (SSSR count). The van der Waals surface area contributed by atoms with Crippen molar-refractivity contribution >= 4 is 17.4 Å². The molecule has 0 spiro atoms. The Labute approximate surface area is 115 Å². The first-order chi connectivity index (χ1) is 8.60. The molecule has 0 N–H and O–H groups in total. The van der Waals surface area contributed by atoms with Gasteiger partial charge in [0.15, 0.2) is 0 Å². The average molecular weight is 268 g/mol. The van der Waals surface area contributed by atoms with E-state index >= 15 is 0 Å². The van der Waals surface area contributed by atoms with Crippen molar-refractivity contribution in [3.05, 3.63) is 17.0 Å². The average Bonchev–Trinajstić information content (AvgIpc) is 2.38. The fourth-order valence-corrected chi connectivity index (χ4v) is 2.80. The van der Waals surface area contributed by atoms with Gasteiger partial charge in [-0.05, 0) is 31.6 Å². The lowest BCUT2D eigenvalue weighted by molar-refractivity contribution is 0.340. The summed E-state index contributed by atoms with van der Waals surface area (Å²) in [6.07, 6.45) is 5.95. The summed E-state index contributed by atoms with van der Waals surface area (Å²) in [7, 11) is 2.12. The van der Waals surface area contributed by atoms with Gasteiger partial charge in [-0.3, -0.25) is 0 Å². The SMILES string of the molecule is CCc1nc(Cl)cc(N(C)C2CCC(C)CC2)n1. The summed E-state index contributed by atoms with van der Waals surface area (Å²) in [5.41, 5.74) is 0. The van der Waals surface area contributed by atoms with Crippen LogP contribution in [0.3, 0.4) is 0 Å². The van der Waals surface area contributed by atoms with Crippen molar-refractivity contribution in [2.45, 2.75) is 52.0 Å². The van der Waals surface area contributed by atoms with Gasteiger partial charge in [-0.2, -0.15) is 0 Å². The van der Waals surface area contributed by atoms with Crippen LogP contribution < -0.4 is 4.90 Å². The third kappa shape index (κ3) is 3.14. The van der Waals surface area contributed by atoms with Crippen LogP contribution >= 0.6 is 11.6 Å². The van der Waals surface area contributed by atoms with Crippen molar-refractivity contribution in [3.8, 4) is 0 Å². The van der Waals surface area contributed by atoms with Crippen molar-refractivity contribution < 1.29 is 0 Å². The number of aryl methyl sites for hydroxylation is 1. The lowest BCUT2D eigenvalue weighted by atomic mass is 9.87. The summed E-state index contributed by atoms with van der Waals surface area (Å²) in [4.78, 5) is 11.1. The van der Waals surface area contributed by atoms with E-state index < -0.39 is 0 Å². The monoisotopic (exact) mass is 267 g/mol. The molecule has 1 fully saturated rings. The van der Waals surface area contributed by atoms with Gasteiger partial charge in [-0.25, -0.2) is 9.97 Å². The molecule has 0 radical (unpaired) electrons. The minimum atomic E-state index is 0.549. The van der Waals surface area contributed by atoms with E-state index in [0.717, 1.165) is 24.0 Å². The summed E-state index contributed by atoms with van der Waals surface area (Å²) < 4.78 is 0. The van der Waals surface area contributed by atoms with Gasteiger partial charge in [0.2, 0.25) is 0 Å². The molecule has 0 unspecified atom stereocenters. The first-order valence-electron chi connectivity index (χ1n) is 6.86. The molecule has 3 nitrogen and oxygen atoms in total. The highest BCUT2D eigenvalue weighted by Crippen LogP contribution is 2.29. The Morgan fingerprint density at radius 2 is 1.94 bits per heavy atom. The molecule has 1 aliphatic rings. The summed E-state index contributed by atoms with van der Waals surface area (Å²) >= 11 is 6.06. The predicted octanol–water partition coefficient (Wildman–Crippen LogP) is 3.71. The summed E-state index contributed by atoms with van der Waals surface area (Å²) in [6, 6.07) is 2.47. The van der Waals surface area contributed by atoms with E-state index in [1.165, 1.54) is 25.7 Å². The van der Waals surface area contributed by atoms with Crippen LogP contribution in [0.15, 0.2) is 6.07 Å². The third-order valence-corrected chi connectivity index (χ3v) is 4.13. The normalized spacial score (nSPS) is 24.0. The first-order valence-corrected chi connectivity index (χ1v) is 7.24. The topological polar surface area (TPSA) is 29.0 Å². The van der Waals surface area contributed by atoms with E-state index in [1.54, 1.807) is 0 Å². The van der Waals surface area contributed by atoms with Gasteiger partial charge in [0.05, 0.1) is 0 Å². The maximum Gasteiger partial charge on any atom is 0.134 e. The molecule has 0 atom stereocenters. The Morgan fingerprint density at radius 3 is 2.56 bits per heavy atom. The number of rotatable bonds is 3. The number of hydrogen-bond acceptors (Lipinski definition) is 3. The molecule has 0 bridgehead atoms. The van der Waals surface area contributed by atoms with Crippen molar-refractivity contribution in [1.82, 2.24) is 9.97 Å². The minimum Gasteiger partial charge on any atom is -0.357 e. The molecular weight excluding hydrogens is 246 g/mol. The largest absolute Gasteiger partial charge is 0.357 e. The third-order valence-electron chi connectivity index (χ3n) is 3.94. The van der Waals surface area contributed by atoms with Gasteiger partial charge < -0.3 is 4.90 Å². The van der Waals surface area contributed by atoms with Crippen LogP contribution in [-0.4, -0.2) is 23.1 Å². The van der Waals surface area contributed by atoms with Crippen molar-refractivity contribution in [1.29, 1.82) is 0 Å². The lowest BCUT2D eigenvalue weighted by Crippen LogP contribution is -2.35. The highest BCUT2D eigenvalue weighted by Gasteiger charge is 2.23. The maximum atomic E-state index is 6.06. The molecule has 1 aliphatic carbocycles. The van der Waals surface area contributed by atoms with Crippen LogP contribution in [0.5, 0.6) is 0 Å². The standard InChI is InChI=1S/C14H22ClN3/c1-4-13-16-12(15)9-14(17-13)18(3)11-7-5-10(2)6-8-11/h9-11H,4-8H2,1-3H3. The second-order valence-corrected chi connectivity index (χ2v) is 5.73. The lowest BCUT2D eigenvalue weighted by Gasteiger charge is -2.34. The van der Waals surface area contributed by atoms with Gasteiger partial charge in [-0.15, -0.1) is 0 Å². The molecular formula is C14H22ClN3. The highest BCUT2D eigenvalue weighted by molar-refractivity contribution is 6.29. The Balaban J connectivity index is 2.12. The number of hydrogen-bond donors (Lipinski definition) is 0. The van der Waals surface area contributed by atoms with Gasteiger partial charge in [0, 0.05) is 25.6 Å².